The van der Waals surface area contributed by atoms with Crippen LogP contribution in [0.4, 0.5) is 11.4 Å². The molecule has 8 nitrogen and oxygen atoms in total. The number of nitrogens with one attached hydrogen (secondary N) is 2. The lowest BCUT2D eigenvalue weighted by Crippen LogP contribution is -2.43. The molecule has 1 aliphatic rings. The molecular weight excluding hydrogens is 380 g/mol. The third-order valence-electron chi connectivity index (χ3n) is 4.72. The van der Waals surface area contributed by atoms with Gasteiger partial charge in [0.15, 0.2) is 0 Å². The zero-order valence-corrected chi connectivity index (χ0v) is 16.1. The van der Waals surface area contributed by atoms with E-state index < -0.39 is 4.92 Å². The highest BCUT2D eigenvalue weighted by Crippen LogP contribution is 2.21. The first-order chi connectivity index (χ1) is 13.5. The Hall–Kier alpha value is -2.94. The van der Waals surface area contributed by atoms with E-state index in [-0.39, 0.29) is 23.4 Å². The van der Waals surface area contributed by atoms with Gasteiger partial charge in [-0.1, -0.05) is 6.07 Å². The van der Waals surface area contributed by atoms with Gasteiger partial charge >= 0.3 is 0 Å². The summed E-state index contributed by atoms with van der Waals surface area (Å²) in [6.07, 6.45) is 1.33. The summed E-state index contributed by atoms with van der Waals surface area (Å²) in [6, 6.07) is 9.84. The van der Waals surface area contributed by atoms with Crippen molar-refractivity contribution in [3.8, 4) is 0 Å². The Bertz CT molecular complexity index is 815. The molecule has 148 valence electrons. The fourth-order valence-corrected chi connectivity index (χ4v) is 3.83. The lowest BCUT2D eigenvalue weighted by Gasteiger charge is -2.31. The van der Waals surface area contributed by atoms with Gasteiger partial charge in [-0.2, -0.15) is 0 Å². The molecule has 0 bridgehead atoms. The summed E-state index contributed by atoms with van der Waals surface area (Å²) in [7, 11) is 0. The number of carbonyl (C=O) groups is 2. The number of likely N-dealkylation sites (tertiary alicyclic amines) is 1. The molecule has 0 spiro atoms. The SMILES string of the molecule is O=C(NCCNc1ccc([N+](=O)[O-])cc1)C1CCN(C(=O)c2cccs2)CC1. The first-order valence-electron chi connectivity index (χ1n) is 9.13. The largest absolute Gasteiger partial charge is 0.383 e. The van der Waals surface area contributed by atoms with Crippen LogP contribution in [0.2, 0.25) is 0 Å². The molecule has 0 radical (unpaired) electrons. The number of nitro groups is 1. The number of anilines is 1. The fourth-order valence-electron chi connectivity index (χ4n) is 3.14. The highest BCUT2D eigenvalue weighted by atomic mass is 32.1. The van der Waals surface area contributed by atoms with Crippen LogP contribution in [0.15, 0.2) is 41.8 Å². The number of carbonyl (C=O) groups excluding carboxylic acids is 2. The maximum Gasteiger partial charge on any atom is 0.269 e. The van der Waals surface area contributed by atoms with E-state index >= 15 is 0 Å². The van der Waals surface area contributed by atoms with Crippen LogP contribution in [-0.4, -0.2) is 47.8 Å². The van der Waals surface area contributed by atoms with Crippen molar-refractivity contribution in [3.63, 3.8) is 0 Å². The molecule has 0 atom stereocenters. The minimum absolute atomic E-state index is 0.00808. The summed E-state index contributed by atoms with van der Waals surface area (Å²) in [5, 5.41) is 18.5. The van der Waals surface area contributed by atoms with E-state index in [1.165, 1.54) is 23.5 Å². The van der Waals surface area contributed by atoms with E-state index in [2.05, 4.69) is 10.6 Å². The molecule has 1 saturated heterocycles. The molecule has 2 amide bonds. The Kier molecular flexibility index (Phi) is 6.59. The minimum atomic E-state index is -0.441. The van der Waals surface area contributed by atoms with Crippen molar-refractivity contribution in [2.75, 3.05) is 31.5 Å². The van der Waals surface area contributed by atoms with Gasteiger partial charge in [-0.05, 0) is 36.4 Å². The average molecular weight is 402 g/mol. The maximum absolute atomic E-state index is 12.3. The van der Waals surface area contributed by atoms with Crippen LogP contribution < -0.4 is 10.6 Å². The van der Waals surface area contributed by atoms with Crippen molar-refractivity contribution in [1.29, 1.82) is 0 Å². The van der Waals surface area contributed by atoms with Crippen molar-refractivity contribution >= 4 is 34.5 Å². The van der Waals surface area contributed by atoms with Gasteiger partial charge in [0.05, 0.1) is 9.80 Å². The second kappa shape index (κ2) is 9.32. The molecular formula is C19H22N4O4S. The number of non-ortho nitro benzene ring substituents is 1. The number of piperidine rings is 1. The van der Waals surface area contributed by atoms with E-state index in [1.54, 1.807) is 12.1 Å². The molecule has 1 aromatic carbocycles. The Morgan fingerprint density at radius 1 is 1.14 bits per heavy atom. The van der Waals surface area contributed by atoms with Crippen molar-refractivity contribution < 1.29 is 14.5 Å². The second-order valence-corrected chi connectivity index (χ2v) is 7.51. The Labute approximate surface area is 166 Å². The Balaban J connectivity index is 1.35. The van der Waals surface area contributed by atoms with Crippen LogP contribution in [-0.2, 0) is 4.79 Å². The zero-order chi connectivity index (χ0) is 19.9. The third-order valence-corrected chi connectivity index (χ3v) is 5.57. The number of thiophene rings is 1. The minimum Gasteiger partial charge on any atom is -0.383 e. The summed E-state index contributed by atoms with van der Waals surface area (Å²) in [5.74, 6) is -0.0263. The number of amides is 2. The molecule has 0 unspecified atom stereocenters. The molecule has 1 aliphatic heterocycles. The fraction of sp³-hybridized carbons (Fsp3) is 0.368. The lowest BCUT2D eigenvalue weighted by atomic mass is 9.96. The Morgan fingerprint density at radius 2 is 1.86 bits per heavy atom. The Morgan fingerprint density at radius 3 is 2.46 bits per heavy atom. The van der Waals surface area contributed by atoms with Gasteiger partial charge in [0.2, 0.25) is 5.91 Å². The van der Waals surface area contributed by atoms with Crippen LogP contribution in [0.25, 0.3) is 0 Å². The highest BCUT2D eigenvalue weighted by molar-refractivity contribution is 7.12. The van der Waals surface area contributed by atoms with Gasteiger partial charge in [0.1, 0.15) is 0 Å². The summed E-state index contributed by atoms with van der Waals surface area (Å²) >= 11 is 1.43. The monoisotopic (exact) mass is 402 g/mol. The van der Waals surface area contributed by atoms with E-state index in [9.17, 15) is 19.7 Å². The second-order valence-electron chi connectivity index (χ2n) is 6.57. The summed E-state index contributed by atoms with van der Waals surface area (Å²) in [6.45, 7) is 2.18. The molecule has 28 heavy (non-hydrogen) atoms. The number of hydrogen-bond donors (Lipinski definition) is 2. The van der Waals surface area contributed by atoms with Crippen LogP contribution in [0.1, 0.15) is 22.5 Å². The predicted molar refractivity (Wildman–Crippen MR) is 108 cm³/mol. The van der Waals surface area contributed by atoms with Gasteiger partial charge < -0.3 is 15.5 Å². The van der Waals surface area contributed by atoms with E-state index in [0.717, 1.165) is 10.6 Å². The van der Waals surface area contributed by atoms with E-state index in [0.29, 0.717) is 39.0 Å². The van der Waals surface area contributed by atoms with Gasteiger partial charge in [-0.3, -0.25) is 19.7 Å². The standard InChI is InChI=1S/C19H22N4O4S/c24-18(21-10-9-20-15-3-5-16(6-4-15)23(26)27)14-7-11-22(12-8-14)19(25)17-2-1-13-28-17/h1-6,13-14,20H,7-12H2,(H,21,24). The third kappa shape index (κ3) is 5.07. The van der Waals surface area contributed by atoms with E-state index in [1.807, 2.05) is 22.4 Å². The number of hydrogen-bond acceptors (Lipinski definition) is 6. The topological polar surface area (TPSA) is 105 Å². The predicted octanol–water partition coefficient (Wildman–Crippen LogP) is 2.74. The van der Waals surface area contributed by atoms with Crippen molar-refractivity contribution in [1.82, 2.24) is 10.2 Å². The van der Waals surface area contributed by atoms with Gasteiger partial charge in [-0.25, -0.2) is 0 Å². The molecule has 9 heteroatoms. The lowest BCUT2D eigenvalue weighted by molar-refractivity contribution is -0.384. The molecule has 0 saturated carbocycles. The molecule has 2 heterocycles. The highest BCUT2D eigenvalue weighted by Gasteiger charge is 2.27. The molecule has 1 fully saturated rings. The van der Waals surface area contributed by atoms with Crippen LogP contribution in [0, 0.1) is 16.0 Å². The number of nitrogens with zero attached hydrogens (tertiary/aromatic N) is 2. The summed E-state index contributed by atoms with van der Waals surface area (Å²) in [5.41, 5.74) is 0.808. The quantitative estimate of drug-likeness (QED) is 0.421. The molecule has 2 aromatic rings. The molecule has 0 aliphatic carbocycles. The summed E-state index contributed by atoms with van der Waals surface area (Å²) < 4.78 is 0. The normalized spacial score (nSPS) is 14.5. The molecule has 1 aromatic heterocycles. The van der Waals surface area contributed by atoms with Crippen LogP contribution in [0.3, 0.4) is 0 Å². The van der Waals surface area contributed by atoms with Gasteiger partial charge in [-0.15, -0.1) is 11.3 Å². The van der Waals surface area contributed by atoms with Crippen molar-refractivity contribution in [2.45, 2.75) is 12.8 Å². The molecule has 3 rings (SSSR count). The smallest absolute Gasteiger partial charge is 0.269 e. The molecule has 2 N–H and O–H groups in total. The average Bonchev–Trinajstić information content (AvgIpc) is 3.26. The maximum atomic E-state index is 12.3. The van der Waals surface area contributed by atoms with Crippen LogP contribution >= 0.6 is 11.3 Å². The first kappa shape index (κ1) is 19.8. The number of nitro benzene ring substituents is 1. The number of rotatable bonds is 7. The summed E-state index contributed by atoms with van der Waals surface area (Å²) in [4.78, 5) is 37.4. The van der Waals surface area contributed by atoms with Crippen molar-refractivity contribution in [3.05, 3.63) is 56.8 Å². The van der Waals surface area contributed by atoms with Crippen molar-refractivity contribution in [2.24, 2.45) is 5.92 Å². The van der Waals surface area contributed by atoms with E-state index in [4.69, 9.17) is 0 Å². The van der Waals surface area contributed by atoms with Crippen LogP contribution in [0.5, 0.6) is 0 Å². The number of benzene rings is 1. The first-order valence-corrected chi connectivity index (χ1v) is 10.0. The van der Waals surface area contributed by atoms with Gasteiger partial charge in [0.25, 0.3) is 11.6 Å². The zero-order valence-electron chi connectivity index (χ0n) is 15.3. The van der Waals surface area contributed by atoms with Gasteiger partial charge in [0, 0.05) is 49.9 Å².